The molecule has 1 amide bonds. The van der Waals surface area contributed by atoms with Crippen LogP contribution in [0.3, 0.4) is 0 Å². The molecule has 3 aromatic rings. The molecular formula is C22H19NO4. The van der Waals surface area contributed by atoms with Crippen LogP contribution in [0.4, 0.5) is 5.69 Å². The van der Waals surface area contributed by atoms with Gasteiger partial charge in [-0.1, -0.05) is 54.6 Å². The summed E-state index contributed by atoms with van der Waals surface area (Å²) in [5.74, 6) is 0.0516. The van der Waals surface area contributed by atoms with Gasteiger partial charge in [0.05, 0.1) is 5.69 Å². The first-order valence-corrected chi connectivity index (χ1v) is 8.47. The summed E-state index contributed by atoms with van der Waals surface area (Å²) in [6.45, 7) is 1.15. The number of para-hydroxylation sites is 2. The van der Waals surface area contributed by atoms with Crippen LogP contribution in [0, 0.1) is 0 Å². The van der Waals surface area contributed by atoms with Gasteiger partial charge in [-0.2, -0.15) is 0 Å². The van der Waals surface area contributed by atoms with Gasteiger partial charge in [0.2, 0.25) is 5.91 Å². The van der Waals surface area contributed by atoms with E-state index in [9.17, 15) is 9.59 Å². The van der Waals surface area contributed by atoms with Crippen molar-refractivity contribution in [2.75, 3.05) is 11.9 Å². The minimum absolute atomic E-state index is 0.237. The maximum Gasteiger partial charge on any atom is 0.349 e. The fraction of sp³-hybridized carbons (Fsp3) is 0.0909. The Labute approximate surface area is 157 Å². The van der Waals surface area contributed by atoms with E-state index < -0.39 is 5.97 Å². The number of ether oxygens (including phenoxy) is 2. The molecule has 27 heavy (non-hydrogen) atoms. The zero-order chi connectivity index (χ0) is 19.1. The molecule has 0 saturated carbocycles. The van der Waals surface area contributed by atoms with Crippen LogP contribution in [-0.2, 0) is 9.59 Å². The van der Waals surface area contributed by atoms with Gasteiger partial charge in [-0.3, -0.25) is 4.79 Å². The molecule has 0 bridgehead atoms. The lowest BCUT2D eigenvalue weighted by molar-refractivity contribution is -0.136. The molecule has 0 aromatic heterocycles. The number of hydrogen-bond acceptors (Lipinski definition) is 4. The van der Waals surface area contributed by atoms with Crippen molar-refractivity contribution >= 4 is 17.6 Å². The SMILES string of the molecule is CC(=O)Nc1ccccc1OC(=O)COc1ccc(-c2ccccc2)cc1. The quantitative estimate of drug-likeness (QED) is 0.525. The Morgan fingerprint density at radius 3 is 2.15 bits per heavy atom. The average molecular weight is 361 g/mol. The molecule has 3 rings (SSSR count). The van der Waals surface area contributed by atoms with Crippen LogP contribution < -0.4 is 14.8 Å². The smallest absolute Gasteiger partial charge is 0.349 e. The van der Waals surface area contributed by atoms with Gasteiger partial charge in [-0.25, -0.2) is 4.79 Å². The number of hydrogen-bond donors (Lipinski definition) is 1. The van der Waals surface area contributed by atoms with Crippen molar-refractivity contribution in [3.63, 3.8) is 0 Å². The molecule has 5 heteroatoms. The summed E-state index contributed by atoms with van der Waals surface area (Å²) in [6, 6.07) is 24.2. The zero-order valence-corrected chi connectivity index (χ0v) is 14.8. The highest BCUT2D eigenvalue weighted by Gasteiger charge is 2.11. The van der Waals surface area contributed by atoms with E-state index in [2.05, 4.69) is 5.32 Å². The first-order valence-electron chi connectivity index (χ1n) is 8.47. The van der Waals surface area contributed by atoms with E-state index >= 15 is 0 Å². The van der Waals surface area contributed by atoms with Crippen LogP contribution in [0.1, 0.15) is 6.92 Å². The van der Waals surface area contributed by atoms with Gasteiger partial charge in [-0.05, 0) is 35.4 Å². The van der Waals surface area contributed by atoms with Crippen LogP contribution >= 0.6 is 0 Å². The first-order chi connectivity index (χ1) is 13.1. The molecule has 0 atom stereocenters. The Bertz CT molecular complexity index is 921. The highest BCUT2D eigenvalue weighted by Crippen LogP contribution is 2.24. The summed E-state index contributed by atoms with van der Waals surface area (Å²) in [5.41, 5.74) is 2.61. The number of carbonyl (C=O) groups excluding carboxylic acids is 2. The number of esters is 1. The van der Waals surface area contributed by atoms with Crippen molar-refractivity contribution in [3.8, 4) is 22.6 Å². The number of nitrogens with one attached hydrogen (secondary N) is 1. The lowest BCUT2D eigenvalue weighted by atomic mass is 10.1. The standard InChI is InChI=1S/C22H19NO4/c1-16(24)23-20-9-5-6-10-21(20)27-22(25)15-26-19-13-11-18(12-14-19)17-7-3-2-4-8-17/h2-14H,15H2,1H3,(H,23,24). The fourth-order valence-corrected chi connectivity index (χ4v) is 2.52. The van der Waals surface area contributed by atoms with Gasteiger partial charge in [0.15, 0.2) is 12.4 Å². The topological polar surface area (TPSA) is 64.6 Å². The lowest BCUT2D eigenvalue weighted by Gasteiger charge is -2.11. The van der Waals surface area contributed by atoms with E-state index in [-0.39, 0.29) is 18.3 Å². The van der Waals surface area contributed by atoms with E-state index in [1.54, 1.807) is 36.4 Å². The molecule has 0 saturated heterocycles. The maximum atomic E-state index is 12.1. The molecule has 3 aromatic carbocycles. The normalized spacial score (nSPS) is 10.1. The van der Waals surface area contributed by atoms with E-state index in [0.717, 1.165) is 11.1 Å². The third-order valence-electron chi connectivity index (χ3n) is 3.74. The minimum Gasteiger partial charge on any atom is -0.482 e. The molecule has 0 aliphatic carbocycles. The molecule has 136 valence electrons. The Morgan fingerprint density at radius 2 is 1.44 bits per heavy atom. The summed E-state index contributed by atoms with van der Waals surface area (Å²) in [7, 11) is 0. The molecule has 0 heterocycles. The van der Waals surface area contributed by atoms with Crippen molar-refractivity contribution in [3.05, 3.63) is 78.9 Å². The third kappa shape index (κ3) is 5.19. The lowest BCUT2D eigenvalue weighted by Crippen LogP contribution is -2.18. The Balaban J connectivity index is 1.57. The minimum atomic E-state index is -0.556. The molecule has 5 nitrogen and oxygen atoms in total. The van der Waals surface area contributed by atoms with Gasteiger partial charge in [-0.15, -0.1) is 0 Å². The predicted octanol–water partition coefficient (Wildman–Crippen LogP) is 4.30. The number of anilines is 1. The van der Waals surface area contributed by atoms with Gasteiger partial charge in [0.1, 0.15) is 5.75 Å². The Morgan fingerprint density at radius 1 is 0.815 bits per heavy atom. The van der Waals surface area contributed by atoms with Gasteiger partial charge in [0, 0.05) is 6.92 Å². The van der Waals surface area contributed by atoms with Crippen molar-refractivity contribution < 1.29 is 19.1 Å². The molecule has 0 spiro atoms. The predicted molar refractivity (Wildman–Crippen MR) is 104 cm³/mol. The van der Waals surface area contributed by atoms with Crippen LogP contribution in [0.15, 0.2) is 78.9 Å². The number of amides is 1. The van der Waals surface area contributed by atoms with Gasteiger partial charge >= 0.3 is 5.97 Å². The summed E-state index contributed by atoms with van der Waals surface area (Å²) in [6.07, 6.45) is 0. The van der Waals surface area contributed by atoms with Crippen LogP contribution in [-0.4, -0.2) is 18.5 Å². The molecule has 0 aliphatic heterocycles. The molecule has 0 aliphatic rings. The molecule has 1 N–H and O–H groups in total. The Hall–Kier alpha value is -3.60. The summed E-state index contributed by atoms with van der Waals surface area (Å²) in [5, 5.41) is 2.62. The highest BCUT2D eigenvalue weighted by molar-refractivity contribution is 5.91. The van der Waals surface area contributed by atoms with Crippen molar-refractivity contribution in [1.82, 2.24) is 0 Å². The van der Waals surface area contributed by atoms with Gasteiger partial charge < -0.3 is 14.8 Å². The average Bonchev–Trinajstić information content (AvgIpc) is 2.69. The van der Waals surface area contributed by atoms with Crippen molar-refractivity contribution in [2.45, 2.75) is 6.92 Å². The van der Waals surface area contributed by atoms with E-state index in [4.69, 9.17) is 9.47 Å². The highest BCUT2D eigenvalue weighted by atomic mass is 16.6. The van der Waals surface area contributed by atoms with E-state index in [0.29, 0.717) is 11.4 Å². The van der Waals surface area contributed by atoms with E-state index in [1.807, 2.05) is 42.5 Å². The maximum absolute atomic E-state index is 12.1. The first kappa shape index (κ1) is 18.2. The molecule has 0 unspecified atom stereocenters. The second-order valence-corrected chi connectivity index (χ2v) is 5.83. The number of benzene rings is 3. The summed E-state index contributed by atoms with van der Waals surface area (Å²) < 4.78 is 10.8. The van der Waals surface area contributed by atoms with Crippen LogP contribution in [0.5, 0.6) is 11.5 Å². The largest absolute Gasteiger partial charge is 0.482 e. The summed E-state index contributed by atoms with van der Waals surface area (Å²) >= 11 is 0. The second-order valence-electron chi connectivity index (χ2n) is 5.83. The fourth-order valence-electron chi connectivity index (χ4n) is 2.52. The number of carbonyl (C=O) groups is 2. The molecule has 0 radical (unpaired) electrons. The third-order valence-corrected chi connectivity index (χ3v) is 3.74. The van der Waals surface area contributed by atoms with Crippen LogP contribution in [0.25, 0.3) is 11.1 Å². The number of rotatable bonds is 6. The Kier molecular flexibility index (Phi) is 5.84. The monoisotopic (exact) mass is 361 g/mol. The molecule has 0 fully saturated rings. The second kappa shape index (κ2) is 8.67. The van der Waals surface area contributed by atoms with Crippen molar-refractivity contribution in [2.24, 2.45) is 0 Å². The van der Waals surface area contributed by atoms with E-state index in [1.165, 1.54) is 6.92 Å². The van der Waals surface area contributed by atoms with Crippen molar-refractivity contribution in [1.29, 1.82) is 0 Å². The summed E-state index contributed by atoms with van der Waals surface area (Å²) in [4.78, 5) is 23.3. The van der Waals surface area contributed by atoms with Gasteiger partial charge in [0.25, 0.3) is 0 Å². The zero-order valence-electron chi connectivity index (χ0n) is 14.8. The molecular weight excluding hydrogens is 342 g/mol. The van der Waals surface area contributed by atoms with Crippen LogP contribution in [0.2, 0.25) is 0 Å².